The van der Waals surface area contributed by atoms with Crippen molar-refractivity contribution in [3.63, 3.8) is 0 Å². The van der Waals surface area contributed by atoms with Gasteiger partial charge in [0.05, 0.1) is 16.8 Å². The summed E-state index contributed by atoms with van der Waals surface area (Å²) >= 11 is 1.77. The van der Waals surface area contributed by atoms with Gasteiger partial charge in [-0.1, -0.05) is 30.3 Å². The molecule has 0 bridgehead atoms. The van der Waals surface area contributed by atoms with Crippen molar-refractivity contribution in [2.45, 2.75) is 20.4 Å². The van der Waals surface area contributed by atoms with Gasteiger partial charge in [-0.3, -0.25) is 4.90 Å². The highest BCUT2D eigenvalue weighted by molar-refractivity contribution is 7.18. The Morgan fingerprint density at radius 1 is 1.04 bits per heavy atom. The number of para-hydroxylation sites is 2. The van der Waals surface area contributed by atoms with Crippen LogP contribution in [-0.2, 0) is 6.54 Å². The van der Waals surface area contributed by atoms with Gasteiger partial charge in [0.1, 0.15) is 17.4 Å². The molecular formula is C19H22N2OS. The maximum absolute atomic E-state index is 5.98. The molecular weight excluding hydrogens is 304 g/mol. The summed E-state index contributed by atoms with van der Waals surface area (Å²) in [5, 5.41) is 1.15. The third kappa shape index (κ3) is 3.89. The van der Waals surface area contributed by atoms with Crippen molar-refractivity contribution < 1.29 is 4.74 Å². The van der Waals surface area contributed by atoms with E-state index < -0.39 is 0 Å². The second-order valence-corrected chi connectivity index (χ2v) is 7.00. The van der Waals surface area contributed by atoms with Crippen LogP contribution in [0.2, 0.25) is 0 Å². The molecule has 0 unspecified atom stereocenters. The summed E-state index contributed by atoms with van der Waals surface area (Å²) in [5.41, 5.74) is 3.48. The molecule has 0 amide bonds. The highest BCUT2D eigenvalue weighted by atomic mass is 32.1. The summed E-state index contributed by atoms with van der Waals surface area (Å²) in [6.07, 6.45) is 0. The zero-order valence-corrected chi connectivity index (χ0v) is 14.7. The molecule has 0 aliphatic carbocycles. The number of hydrogen-bond donors (Lipinski definition) is 0. The fraction of sp³-hybridized carbons (Fsp3) is 0.316. The molecule has 23 heavy (non-hydrogen) atoms. The van der Waals surface area contributed by atoms with Crippen LogP contribution < -0.4 is 4.74 Å². The Labute approximate surface area is 141 Å². The Morgan fingerprint density at radius 3 is 2.52 bits per heavy atom. The van der Waals surface area contributed by atoms with Crippen LogP contribution >= 0.6 is 11.3 Å². The van der Waals surface area contributed by atoms with Crippen molar-refractivity contribution >= 4 is 21.6 Å². The van der Waals surface area contributed by atoms with Crippen molar-refractivity contribution in [2.75, 3.05) is 20.2 Å². The Hall–Kier alpha value is -1.91. The van der Waals surface area contributed by atoms with Gasteiger partial charge < -0.3 is 4.74 Å². The fourth-order valence-electron chi connectivity index (χ4n) is 2.63. The summed E-state index contributed by atoms with van der Waals surface area (Å²) in [7, 11) is 2.11. The molecule has 3 nitrogen and oxygen atoms in total. The minimum Gasteiger partial charge on any atom is -0.492 e. The number of benzene rings is 2. The first-order valence-electron chi connectivity index (χ1n) is 7.85. The number of rotatable bonds is 6. The monoisotopic (exact) mass is 326 g/mol. The topological polar surface area (TPSA) is 25.4 Å². The molecule has 0 saturated heterocycles. The molecule has 0 atom stereocenters. The summed E-state index contributed by atoms with van der Waals surface area (Å²) < 4.78 is 7.23. The first-order valence-corrected chi connectivity index (χ1v) is 8.67. The van der Waals surface area contributed by atoms with Gasteiger partial charge in [0.15, 0.2) is 0 Å². The number of nitrogens with zero attached hydrogens (tertiary/aromatic N) is 2. The van der Waals surface area contributed by atoms with Crippen molar-refractivity contribution in [1.82, 2.24) is 9.88 Å². The van der Waals surface area contributed by atoms with Gasteiger partial charge in [0.25, 0.3) is 0 Å². The highest BCUT2D eigenvalue weighted by Gasteiger charge is 2.08. The normalized spacial score (nSPS) is 11.3. The maximum Gasteiger partial charge on any atom is 0.125 e. The van der Waals surface area contributed by atoms with Gasteiger partial charge in [-0.25, -0.2) is 4.98 Å². The van der Waals surface area contributed by atoms with Gasteiger partial charge >= 0.3 is 0 Å². The zero-order chi connectivity index (χ0) is 16.2. The van der Waals surface area contributed by atoms with Crippen LogP contribution in [0.25, 0.3) is 10.2 Å². The zero-order valence-electron chi connectivity index (χ0n) is 13.9. The molecule has 0 saturated carbocycles. The number of aryl methyl sites for hydroxylation is 2. The average molecular weight is 326 g/mol. The summed E-state index contributed by atoms with van der Waals surface area (Å²) in [4.78, 5) is 6.94. The molecule has 1 heterocycles. The third-order valence-electron chi connectivity index (χ3n) is 3.87. The maximum atomic E-state index is 5.98. The summed E-state index contributed by atoms with van der Waals surface area (Å²) in [6.45, 7) is 6.60. The van der Waals surface area contributed by atoms with E-state index in [1.54, 1.807) is 11.3 Å². The lowest BCUT2D eigenvalue weighted by molar-refractivity contribution is 0.231. The smallest absolute Gasteiger partial charge is 0.125 e. The van der Waals surface area contributed by atoms with Crippen LogP contribution in [0.3, 0.4) is 0 Å². The van der Waals surface area contributed by atoms with Crippen molar-refractivity contribution in [3.05, 3.63) is 58.6 Å². The minimum atomic E-state index is 0.688. The molecule has 0 aliphatic rings. The van der Waals surface area contributed by atoms with Gasteiger partial charge in [-0.05, 0) is 44.2 Å². The Kier molecular flexibility index (Phi) is 4.94. The van der Waals surface area contributed by atoms with Crippen LogP contribution in [-0.4, -0.2) is 30.1 Å². The molecule has 0 fully saturated rings. The molecule has 4 heteroatoms. The van der Waals surface area contributed by atoms with Crippen LogP contribution in [0.5, 0.6) is 5.75 Å². The standard InChI is InChI=1S/C19H22N2OS/c1-14-7-6-8-15(2)19(14)22-12-11-21(3)13-18-20-16-9-4-5-10-17(16)23-18/h4-10H,11-13H2,1-3H3. The number of thiazole rings is 1. The van der Waals surface area contributed by atoms with Crippen LogP contribution in [0.4, 0.5) is 0 Å². The van der Waals surface area contributed by atoms with Crippen molar-refractivity contribution in [1.29, 1.82) is 0 Å². The lowest BCUT2D eigenvalue weighted by atomic mass is 10.1. The molecule has 0 spiro atoms. The average Bonchev–Trinajstić information content (AvgIpc) is 2.92. The molecule has 2 aromatic carbocycles. The second kappa shape index (κ2) is 7.11. The number of hydrogen-bond acceptors (Lipinski definition) is 4. The van der Waals surface area contributed by atoms with E-state index in [1.165, 1.54) is 15.8 Å². The Balaban J connectivity index is 1.54. The van der Waals surface area contributed by atoms with Crippen LogP contribution in [0.15, 0.2) is 42.5 Å². The van der Waals surface area contributed by atoms with E-state index in [2.05, 4.69) is 67.2 Å². The van der Waals surface area contributed by atoms with E-state index in [9.17, 15) is 0 Å². The van der Waals surface area contributed by atoms with Gasteiger partial charge in [0, 0.05) is 6.54 Å². The molecule has 3 rings (SSSR count). The predicted molar refractivity (Wildman–Crippen MR) is 97.4 cm³/mol. The highest BCUT2D eigenvalue weighted by Crippen LogP contribution is 2.23. The number of likely N-dealkylation sites (N-methyl/N-ethyl adjacent to an activating group) is 1. The predicted octanol–water partition coefficient (Wildman–Crippen LogP) is 4.42. The number of ether oxygens (including phenoxy) is 1. The van der Waals surface area contributed by atoms with E-state index in [4.69, 9.17) is 4.74 Å². The first-order chi connectivity index (χ1) is 11.1. The minimum absolute atomic E-state index is 0.688. The van der Waals surface area contributed by atoms with Crippen LogP contribution in [0.1, 0.15) is 16.1 Å². The van der Waals surface area contributed by atoms with E-state index in [0.717, 1.165) is 29.4 Å². The largest absolute Gasteiger partial charge is 0.492 e. The second-order valence-electron chi connectivity index (χ2n) is 5.88. The lowest BCUT2D eigenvalue weighted by Gasteiger charge is -2.17. The molecule has 0 N–H and O–H groups in total. The van der Waals surface area contributed by atoms with Crippen molar-refractivity contribution in [3.8, 4) is 5.75 Å². The molecule has 0 radical (unpaired) electrons. The van der Waals surface area contributed by atoms with Gasteiger partial charge in [-0.2, -0.15) is 0 Å². The number of fused-ring (bicyclic) bond motifs is 1. The SMILES string of the molecule is Cc1cccc(C)c1OCCN(C)Cc1nc2ccccc2s1. The molecule has 120 valence electrons. The number of aromatic nitrogens is 1. The quantitative estimate of drug-likeness (QED) is 0.670. The Morgan fingerprint density at radius 2 is 1.78 bits per heavy atom. The van der Waals surface area contributed by atoms with Crippen molar-refractivity contribution in [2.24, 2.45) is 0 Å². The van der Waals surface area contributed by atoms with Gasteiger partial charge in [-0.15, -0.1) is 11.3 Å². The summed E-state index contributed by atoms with van der Waals surface area (Å²) in [5.74, 6) is 1.01. The first kappa shape index (κ1) is 16.0. The van der Waals surface area contributed by atoms with E-state index in [-0.39, 0.29) is 0 Å². The Bertz CT molecular complexity index is 744. The molecule has 3 aromatic rings. The van der Waals surface area contributed by atoms with Crippen LogP contribution in [0, 0.1) is 13.8 Å². The third-order valence-corrected chi connectivity index (χ3v) is 4.89. The molecule has 1 aromatic heterocycles. The van der Waals surface area contributed by atoms with E-state index in [0.29, 0.717) is 6.61 Å². The summed E-state index contributed by atoms with van der Waals surface area (Å²) in [6, 6.07) is 14.5. The fourth-order valence-corrected chi connectivity index (χ4v) is 3.68. The lowest BCUT2D eigenvalue weighted by Crippen LogP contribution is -2.24. The van der Waals surface area contributed by atoms with Gasteiger partial charge in [0.2, 0.25) is 0 Å². The molecule has 0 aliphatic heterocycles. The van der Waals surface area contributed by atoms with E-state index >= 15 is 0 Å². The van der Waals surface area contributed by atoms with E-state index in [1.807, 2.05) is 6.07 Å².